The lowest BCUT2D eigenvalue weighted by Gasteiger charge is -2.01. The summed E-state index contributed by atoms with van der Waals surface area (Å²) in [5, 5.41) is 13.0. The van der Waals surface area contributed by atoms with E-state index in [4.69, 9.17) is 5.73 Å². The Morgan fingerprint density at radius 3 is 3.00 bits per heavy atom. The molecule has 0 unspecified atom stereocenters. The number of anilines is 1. The third-order valence-corrected chi connectivity index (χ3v) is 1.26. The van der Waals surface area contributed by atoms with Crippen molar-refractivity contribution >= 4 is 11.9 Å². The van der Waals surface area contributed by atoms with Crippen LogP contribution in [0.25, 0.3) is 0 Å². The second-order valence-corrected chi connectivity index (χ2v) is 2.24. The minimum Gasteiger partial charge on any atom is -0.367 e. The second kappa shape index (κ2) is 3.65. The van der Waals surface area contributed by atoms with Gasteiger partial charge >= 0.3 is 0 Å². The van der Waals surface area contributed by atoms with Crippen LogP contribution in [0.5, 0.6) is 0 Å². The maximum atomic E-state index is 10.5. The van der Waals surface area contributed by atoms with Gasteiger partial charge < -0.3 is 11.1 Å². The van der Waals surface area contributed by atoms with Crippen molar-refractivity contribution in [2.75, 3.05) is 12.3 Å². The number of nitrogens with one attached hydrogen (secondary N) is 1. The molecule has 0 aliphatic heterocycles. The van der Waals surface area contributed by atoms with Gasteiger partial charge in [-0.05, 0) is 10.4 Å². The number of hydrogen-bond acceptors (Lipinski definition) is 5. The topological polar surface area (TPSA) is 98.7 Å². The summed E-state index contributed by atoms with van der Waals surface area (Å²) in [6, 6.07) is 0. The normalized spacial score (nSPS) is 9.75. The molecule has 0 fully saturated rings. The summed E-state index contributed by atoms with van der Waals surface area (Å²) in [4.78, 5) is 10.5. The first-order valence-electron chi connectivity index (χ1n) is 3.46. The molecule has 0 aromatic carbocycles. The molecule has 0 bridgehead atoms. The molecule has 7 nitrogen and oxygen atoms in total. The Morgan fingerprint density at radius 2 is 2.50 bits per heavy atom. The Balaban J connectivity index is 2.33. The number of nitrogens with zero attached hydrogens (tertiary/aromatic N) is 4. The minimum atomic E-state index is -0.0818. The van der Waals surface area contributed by atoms with E-state index in [0.29, 0.717) is 13.1 Å². The van der Waals surface area contributed by atoms with E-state index >= 15 is 0 Å². The molecule has 0 radical (unpaired) electrons. The molecule has 1 aromatic heterocycles. The zero-order chi connectivity index (χ0) is 8.97. The van der Waals surface area contributed by atoms with Crippen molar-refractivity contribution < 1.29 is 4.79 Å². The number of amides is 1. The van der Waals surface area contributed by atoms with Crippen molar-refractivity contribution in [3.05, 3.63) is 0 Å². The van der Waals surface area contributed by atoms with Gasteiger partial charge in [-0.15, -0.1) is 0 Å². The quantitative estimate of drug-likeness (QED) is 0.568. The standard InChI is InChI=1S/C5H10N6O/c1-4(12)7-2-3-11-5(6)8-9-10-11/h2-3H2,1H3,(H,7,12)(H2,6,8,10). The number of carbonyl (C=O) groups is 1. The SMILES string of the molecule is CC(=O)NCCn1nnnc1N. The summed E-state index contributed by atoms with van der Waals surface area (Å²) in [7, 11) is 0. The van der Waals surface area contributed by atoms with Crippen molar-refractivity contribution in [3.63, 3.8) is 0 Å². The first-order chi connectivity index (χ1) is 5.70. The van der Waals surface area contributed by atoms with Gasteiger partial charge in [-0.2, -0.15) is 0 Å². The maximum Gasteiger partial charge on any atom is 0.240 e. The van der Waals surface area contributed by atoms with E-state index in [9.17, 15) is 4.79 Å². The van der Waals surface area contributed by atoms with Crippen LogP contribution in [-0.2, 0) is 11.3 Å². The lowest BCUT2D eigenvalue weighted by Crippen LogP contribution is -2.25. The van der Waals surface area contributed by atoms with E-state index in [2.05, 4.69) is 20.8 Å². The van der Waals surface area contributed by atoms with Gasteiger partial charge in [0.25, 0.3) is 0 Å². The van der Waals surface area contributed by atoms with Crippen LogP contribution in [-0.4, -0.2) is 32.7 Å². The molecule has 0 saturated carbocycles. The lowest BCUT2D eigenvalue weighted by atomic mass is 10.6. The van der Waals surface area contributed by atoms with E-state index in [1.54, 1.807) is 0 Å². The average molecular weight is 170 g/mol. The summed E-state index contributed by atoms with van der Waals surface area (Å²) in [5.41, 5.74) is 5.37. The maximum absolute atomic E-state index is 10.5. The molecule has 0 aliphatic rings. The Morgan fingerprint density at radius 1 is 1.75 bits per heavy atom. The number of nitrogen functional groups attached to an aromatic ring is 1. The van der Waals surface area contributed by atoms with Crippen LogP contribution in [0.3, 0.4) is 0 Å². The Hall–Kier alpha value is -1.66. The van der Waals surface area contributed by atoms with E-state index in [1.807, 2.05) is 0 Å². The summed E-state index contributed by atoms with van der Waals surface area (Å²) >= 11 is 0. The van der Waals surface area contributed by atoms with E-state index < -0.39 is 0 Å². The van der Waals surface area contributed by atoms with E-state index in [-0.39, 0.29) is 11.9 Å². The van der Waals surface area contributed by atoms with Gasteiger partial charge in [0.2, 0.25) is 11.9 Å². The molecule has 1 heterocycles. The zero-order valence-electron chi connectivity index (χ0n) is 6.69. The molecule has 0 atom stereocenters. The lowest BCUT2D eigenvalue weighted by molar-refractivity contribution is -0.118. The van der Waals surface area contributed by atoms with Crippen molar-refractivity contribution in [3.8, 4) is 0 Å². The van der Waals surface area contributed by atoms with Crippen molar-refractivity contribution in [2.45, 2.75) is 13.5 Å². The van der Waals surface area contributed by atoms with Crippen molar-refractivity contribution in [1.29, 1.82) is 0 Å². The molecule has 3 N–H and O–H groups in total. The van der Waals surface area contributed by atoms with Crippen LogP contribution < -0.4 is 11.1 Å². The fraction of sp³-hybridized carbons (Fsp3) is 0.600. The third kappa shape index (κ3) is 2.19. The van der Waals surface area contributed by atoms with Gasteiger partial charge in [-0.25, -0.2) is 4.68 Å². The first kappa shape index (κ1) is 8.44. The van der Waals surface area contributed by atoms with E-state index in [1.165, 1.54) is 11.6 Å². The van der Waals surface area contributed by atoms with Gasteiger partial charge in [0.15, 0.2) is 0 Å². The van der Waals surface area contributed by atoms with Crippen LogP contribution in [0.1, 0.15) is 6.92 Å². The molecule has 66 valence electrons. The highest BCUT2D eigenvalue weighted by molar-refractivity contribution is 5.72. The van der Waals surface area contributed by atoms with E-state index in [0.717, 1.165) is 0 Å². The summed E-state index contributed by atoms with van der Waals surface area (Å²) < 4.78 is 1.41. The second-order valence-electron chi connectivity index (χ2n) is 2.24. The number of aromatic nitrogens is 4. The molecule has 7 heteroatoms. The average Bonchev–Trinajstić information content (AvgIpc) is 2.36. The van der Waals surface area contributed by atoms with Crippen LogP contribution in [0.15, 0.2) is 0 Å². The predicted octanol–water partition coefficient (Wildman–Crippen LogP) is -1.61. The number of tetrazole rings is 1. The molecule has 0 spiro atoms. The molecule has 12 heavy (non-hydrogen) atoms. The van der Waals surface area contributed by atoms with Gasteiger partial charge in [0.05, 0.1) is 6.54 Å². The fourth-order valence-electron chi connectivity index (χ4n) is 0.709. The number of hydrogen-bond donors (Lipinski definition) is 2. The highest BCUT2D eigenvalue weighted by atomic mass is 16.1. The van der Waals surface area contributed by atoms with Crippen LogP contribution in [0, 0.1) is 0 Å². The van der Waals surface area contributed by atoms with Crippen molar-refractivity contribution in [2.24, 2.45) is 0 Å². The van der Waals surface area contributed by atoms with Gasteiger partial charge in [0, 0.05) is 13.5 Å². The minimum absolute atomic E-state index is 0.0818. The van der Waals surface area contributed by atoms with Crippen LogP contribution in [0.2, 0.25) is 0 Å². The molecule has 1 amide bonds. The summed E-state index contributed by atoms with van der Waals surface area (Å²) in [5.74, 6) is 0.169. The third-order valence-electron chi connectivity index (χ3n) is 1.26. The van der Waals surface area contributed by atoms with Gasteiger partial charge in [-0.3, -0.25) is 4.79 Å². The molecule has 0 aliphatic carbocycles. The highest BCUT2D eigenvalue weighted by Gasteiger charge is 1.99. The predicted molar refractivity (Wildman–Crippen MR) is 40.9 cm³/mol. The fourth-order valence-corrected chi connectivity index (χ4v) is 0.709. The Bertz CT molecular complexity index is 269. The Kier molecular flexibility index (Phi) is 2.57. The molecular weight excluding hydrogens is 160 g/mol. The summed E-state index contributed by atoms with van der Waals surface area (Å²) in [6.07, 6.45) is 0. The number of rotatable bonds is 3. The smallest absolute Gasteiger partial charge is 0.240 e. The first-order valence-corrected chi connectivity index (χ1v) is 3.46. The Labute approximate surface area is 68.9 Å². The molecular formula is C5H10N6O. The monoisotopic (exact) mass is 170 g/mol. The molecule has 1 aromatic rings. The zero-order valence-corrected chi connectivity index (χ0v) is 6.69. The van der Waals surface area contributed by atoms with Crippen molar-refractivity contribution in [1.82, 2.24) is 25.5 Å². The number of carbonyl (C=O) groups excluding carboxylic acids is 1. The molecule has 0 saturated heterocycles. The van der Waals surface area contributed by atoms with Gasteiger partial charge in [-0.1, -0.05) is 5.10 Å². The number of nitrogens with two attached hydrogens (primary N) is 1. The summed E-state index contributed by atoms with van der Waals surface area (Å²) in [6.45, 7) is 2.41. The van der Waals surface area contributed by atoms with Crippen LogP contribution >= 0.6 is 0 Å². The largest absolute Gasteiger partial charge is 0.367 e. The van der Waals surface area contributed by atoms with Gasteiger partial charge in [0.1, 0.15) is 0 Å². The molecule has 1 rings (SSSR count). The van der Waals surface area contributed by atoms with Crippen LogP contribution in [0.4, 0.5) is 5.95 Å². The highest BCUT2D eigenvalue weighted by Crippen LogP contribution is 1.89.